The van der Waals surface area contributed by atoms with Gasteiger partial charge in [-0.25, -0.2) is 4.98 Å². The number of hydrogen-bond acceptors (Lipinski definition) is 4. The number of Topliss-reactive ketones (excluding diaryl/α,β-unsaturated/α-hetero) is 1. The molecule has 1 aromatic carbocycles. The lowest BCUT2D eigenvalue weighted by Crippen LogP contribution is -2.01. The highest BCUT2D eigenvalue weighted by Gasteiger charge is 2.04. The lowest BCUT2D eigenvalue weighted by molar-refractivity contribution is 0.0988. The molecule has 0 spiro atoms. The predicted octanol–water partition coefficient (Wildman–Crippen LogP) is 3.44. The van der Waals surface area contributed by atoms with Crippen molar-refractivity contribution >= 4 is 11.5 Å². The Bertz CT molecular complexity index is 544. The Morgan fingerprint density at radius 1 is 1.26 bits per heavy atom. The van der Waals surface area contributed by atoms with E-state index < -0.39 is 0 Å². The first-order valence-electron chi connectivity index (χ1n) is 6.53. The second-order valence-corrected chi connectivity index (χ2v) is 4.28. The molecule has 100 valence electrons. The van der Waals surface area contributed by atoms with E-state index in [-0.39, 0.29) is 5.78 Å². The van der Waals surface area contributed by atoms with Crippen molar-refractivity contribution in [3.63, 3.8) is 0 Å². The van der Waals surface area contributed by atoms with Crippen molar-refractivity contribution in [3.05, 3.63) is 47.7 Å². The van der Waals surface area contributed by atoms with Gasteiger partial charge in [-0.2, -0.15) is 0 Å². The van der Waals surface area contributed by atoms with E-state index in [1.807, 2.05) is 38.1 Å². The van der Waals surface area contributed by atoms with Gasteiger partial charge in [-0.1, -0.05) is 13.8 Å². The van der Waals surface area contributed by atoms with Gasteiger partial charge < -0.3 is 9.73 Å². The van der Waals surface area contributed by atoms with Crippen LogP contribution >= 0.6 is 0 Å². The number of carbonyl (C=O) groups excluding carboxylic acids is 1. The first kappa shape index (κ1) is 13.3. The van der Waals surface area contributed by atoms with E-state index in [1.165, 1.54) is 0 Å². The number of rotatable bonds is 6. The number of nitrogens with one attached hydrogen (secondary N) is 1. The third-order valence-electron chi connectivity index (χ3n) is 2.92. The maximum atomic E-state index is 11.5. The lowest BCUT2D eigenvalue weighted by atomic mass is 10.1. The van der Waals surface area contributed by atoms with E-state index in [0.717, 1.165) is 23.4 Å². The highest BCUT2D eigenvalue weighted by molar-refractivity contribution is 5.96. The molecule has 0 saturated heterocycles. The number of nitrogens with zero attached hydrogens (tertiary/aromatic N) is 1. The fourth-order valence-corrected chi connectivity index (χ4v) is 1.75. The molecule has 0 fully saturated rings. The van der Waals surface area contributed by atoms with Gasteiger partial charge in [0.1, 0.15) is 5.76 Å². The zero-order chi connectivity index (χ0) is 13.7. The van der Waals surface area contributed by atoms with Crippen molar-refractivity contribution in [2.75, 3.05) is 5.32 Å². The SMILES string of the molecule is CCC(=O)c1ccc(NCc2ncc(CC)o2)cc1. The zero-order valence-electron chi connectivity index (χ0n) is 11.3. The van der Waals surface area contributed by atoms with Crippen LogP contribution in [0.5, 0.6) is 0 Å². The van der Waals surface area contributed by atoms with Crippen molar-refractivity contribution in [1.29, 1.82) is 0 Å². The van der Waals surface area contributed by atoms with Crippen LogP contribution in [-0.2, 0) is 13.0 Å². The van der Waals surface area contributed by atoms with Crippen LogP contribution in [0.25, 0.3) is 0 Å². The third-order valence-corrected chi connectivity index (χ3v) is 2.92. The van der Waals surface area contributed by atoms with E-state index in [2.05, 4.69) is 10.3 Å². The number of anilines is 1. The molecule has 0 aliphatic heterocycles. The molecule has 4 nitrogen and oxygen atoms in total. The summed E-state index contributed by atoms with van der Waals surface area (Å²) in [5.41, 5.74) is 1.70. The van der Waals surface area contributed by atoms with Gasteiger partial charge in [-0.3, -0.25) is 4.79 Å². The van der Waals surface area contributed by atoms with Gasteiger partial charge in [-0.15, -0.1) is 0 Å². The topological polar surface area (TPSA) is 55.1 Å². The lowest BCUT2D eigenvalue weighted by Gasteiger charge is -2.04. The molecule has 1 heterocycles. The molecule has 19 heavy (non-hydrogen) atoms. The minimum Gasteiger partial charge on any atom is -0.444 e. The molecule has 1 aromatic heterocycles. The summed E-state index contributed by atoms with van der Waals surface area (Å²) in [4.78, 5) is 15.7. The van der Waals surface area contributed by atoms with E-state index in [1.54, 1.807) is 6.20 Å². The van der Waals surface area contributed by atoms with Gasteiger partial charge in [0.2, 0.25) is 5.89 Å². The Hall–Kier alpha value is -2.10. The van der Waals surface area contributed by atoms with Crippen molar-refractivity contribution in [2.24, 2.45) is 0 Å². The van der Waals surface area contributed by atoms with Crippen molar-refractivity contribution in [3.8, 4) is 0 Å². The summed E-state index contributed by atoms with van der Waals surface area (Å²) in [5.74, 6) is 1.72. The molecule has 1 N–H and O–H groups in total. The molecule has 0 amide bonds. The Balaban J connectivity index is 1.94. The zero-order valence-corrected chi connectivity index (χ0v) is 11.3. The van der Waals surface area contributed by atoms with Crippen LogP contribution in [0.3, 0.4) is 0 Å². The molecule has 0 atom stereocenters. The number of aryl methyl sites for hydroxylation is 1. The summed E-state index contributed by atoms with van der Waals surface area (Å²) in [7, 11) is 0. The van der Waals surface area contributed by atoms with Crippen molar-refractivity contribution in [1.82, 2.24) is 4.98 Å². The van der Waals surface area contributed by atoms with Gasteiger partial charge >= 0.3 is 0 Å². The fraction of sp³-hybridized carbons (Fsp3) is 0.333. The molecule has 0 unspecified atom stereocenters. The van der Waals surface area contributed by atoms with Crippen LogP contribution in [-0.4, -0.2) is 10.8 Å². The Labute approximate surface area is 112 Å². The van der Waals surface area contributed by atoms with Crippen LogP contribution in [0, 0.1) is 0 Å². The van der Waals surface area contributed by atoms with Gasteiger partial charge in [0.05, 0.1) is 12.7 Å². The summed E-state index contributed by atoms with van der Waals surface area (Å²) in [6.45, 7) is 4.44. The van der Waals surface area contributed by atoms with E-state index in [0.29, 0.717) is 18.9 Å². The van der Waals surface area contributed by atoms with Gasteiger partial charge in [-0.05, 0) is 24.3 Å². The first-order chi connectivity index (χ1) is 9.22. The minimum absolute atomic E-state index is 0.159. The third kappa shape index (κ3) is 3.44. The smallest absolute Gasteiger partial charge is 0.213 e. The maximum absolute atomic E-state index is 11.5. The number of carbonyl (C=O) groups is 1. The minimum atomic E-state index is 0.159. The second kappa shape index (κ2) is 6.18. The molecule has 0 aliphatic carbocycles. The van der Waals surface area contributed by atoms with E-state index in [9.17, 15) is 4.79 Å². The van der Waals surface area contributed by atoms with Gasteiger partial charge in [0, 0.05) is 24.1 Å². The summed E-state index contributed by atoms with van der Waals surface area (Å²) in [6.07, 6.45) is 3.13. The van der Waals surface area contributed by atoms with E-state index >= 15 is 0 Å². The average molecular weight is 258 g/mol. The number of aromatic nitrogens is 1. The Kier molecular flexibility index (Phi) is 4.34. The first-order valence-corrected chi connectivity index (χ1v) is 6.53. The monoisotopic (exact) mass is 258 g/mol. The molecule has 4 heteroatoms. The largest absolute Gasteiger partial charge is 0.444 e. The van der Waals surface area contributed by atoms with Gasteiger partial charge in [0.15, 0.2) is 5.78 Å². The summed E-state index contributed by atoms with van der Waals surface area (Å²) in [6, 6.07) is 7.46. The molecule has 0 bridgehead atoms. The molecule has 2 rings (SSSR count). The number of oxazole rings is 1. The van der Waals surface area contributed by atoms with Crippen LogP contribution in [0.4, 0.5) is 5.69 Å². The van der Waals surface area contributed by atoms with Crippen molar-refractivity contribution in [2.45, 2.75) is 33.2 Å². The standard InChI is InChI=1S/C15H18N2O2/c1-3-13-9-17-15(19-13)10-16-12-7-5-11(6-8-12)14(18)4-2/h5-9,16H,3-4,10H2,1-2H3. The molecular weight excluding hydrogens is 240 g/mol. The number of ketones is 1. The molecule has 2 aromatic rings. The summed E-state index contributed by atoms with van der Waals surface area (Å²) < 4.78 is 5.51. The maximum Gasteiger partial charge on any atom is 0.213 e. The van der Waals surface area contributed by atoms with Crippen LogP contribution in [0.2, 0.25) is 0 Å². The number of benzene rings is 1. The normalized spacial score (nSPS) is 10.4. The average Bonchev–Trinajstić information content (AvgIpc) is 2.93. The van der Waals surface area contributed by atoms with Crippen LogP contribution in [0.15, 0.2) is 34.9 Å². The second-order valence-electron chi connectivity index (χ2n) is 4.28. The summed E-state index contributed by atoms with van der Waals surface area (Å²) in [5, 5.41) is 3.21. The van der Waals surface area contributed by atoms with E-state index in [4.69, 9.17) is 4.42 Å². The molecule has 0 aliphatic rings. The summed E-state index contributed by atoms with van der Waals surface area (Å²) >= 11 is 0. The molecule has 0 saturated carbocycles. The highest BCUT2D eigenvalue weighted by atomic mass is 16.4. The Morgan fingerprint density at radius 3 is 2.58 bits per heavy atom. The highest BCUT2D eigenvalue weighted by Crippen LogP contribution is 2.13. The quantitative estimate of drug-likeness (QED) is 0.806. The van der Waals surface area contributed by atoms with Crippen molar-refractivity contribution < 1.29 is 9.21 Å². The predicted molar refractivity (Wildman–Crippen MR) is 74.3 cm³/mol. The van der Waals surface area contributed by atoms with Crippen LogP contribution in [0.1, 0.15) is 42.3 Å². The Morgan fingerprint density at radius 2 is 2.00 bits per heavy atom. The van der Waals surface area contributed by atoms with Gasteiger partial charge in [0.25, 0.3) is 0 Å². The molecular formula is C15H18N2O2. The number of hydrogen-bond donors (Lipinski definition) is 1. The fourth-order valence-electron chi connectivity index (χ4n) is 1.75. The molecule has 0 radical (unpaired) electrons. The van der Waals surface area contributed by atoms with Crippen LogP contribution < -0.4 is 5.32 Å².